The number of rotatable bonds is 0. The molecule has 0 atom stereocenters. The van der Waals surface area contributed by atoms with Crippen LogP contribution in [-0.2, 0) is 0 Å². The van der Waals surface area contributed by atoms with E-state index in [0.29, 0.717) is 5.92 Å². The summed E-state index contributed by atoms with van der Waals surface area (Å²) in [6.07, 6.45) is 0. The van der Waals surface area contributed by atoms with E-state index in [1.54, 1.807) is 0 Å². The van der Waals surface area contributed by atoms with Crippen LogP contribution in [0.4, 0.5) is 0 Å². The standard InChI is InChI=1S/2C4H9.Mg/c2*1-4(2)3;/h1-3H3;4H,1H2,2-3H3;/q2*-1;+2. The van der Waals surface area contributed by atoms with E-state index >= 15 is 0 Å². The Morgan fingerprint density at radius 1 is 1.11 bits per heavy atom. The molecule has 0 spiro atoms. The van der Waals surface area contributed by atoms with Gasteiger partial charge in [-0.25, -0.2) is 0 Å². The van der Waals surface area contributed by atoms with E-state index in [9.17, 15) is 0 Å². The van der Waals surface area contributed by atoms with Gasteiger partial charge in [-0.15, -0.1) is 0 Å². The zero-order chi connectivity index (χ0) is 7.15. The van der Waals surface area contributed by atoms with Gasteiger partial charge in [0.15, 0.2) is 0 Å². The summed E-state index contributed by atoms with van der Waals surface area (Å²) in [5, 5.41) is 0. The maximum absolute atomic E-state index is 3.64. The molecule has 0 aliphatic rings. The minimum atomic E-state index is 0. The molecule has 0 radical (unpaired) electrons. The Bertz CT molecular complexity index is 20.0. The molecule has 1 heteroatoms. The van der Waals surface area contributed by atoms with Gasteiger partial charge in [-0.2, -0.15) is 26.7 Å². The van der Waals surface area contributed by atoms with Crippen LogP contribution in [0.15, 0.2) is 0 Å². The third-order valence-corrected chi connectivity index (χ3v) is 0. The predicted octanol–water partition coefficient (Wildman–Crippen LogP) is 2.72. The minimum Gasteiger partial charge on any atom is -0.341 e. The quantitative estimate of drug-likeness (QED) is 0.357. The Balaban J connectivity index is -0.0000000720. The topological polar surface area (TPSA) is 0 Å². The molecule has 0 fully saturated rings. The van der Waals surface area contributed by atoms with Crippen molar-refractivity contribution in [2.45, 2.75) is 34.6 Å². The Kier molecular flexibility index (Phi) is 21.0. The summed E-state index contributed by atoms with van der Waals surface area (Å²) in [5.74, 6) is 2.00. The maximum Gasteiger partial charge on any atom is 2.00 e. The van der Waals surface area contributed by atoms with Gasteiger partial charge in [-0.3, -0.25) is 0 Å². The monoisotopic (exact) mass is 138 g/mol. The molecule has 52 valence electrons. The van der Waals surface area contributed by atoms with Crippen LogP contribution in [0, 0.1) is 18.8 Å². The van der Waals surface area contributed by atoms with Gasteiger partial charge in [0.25, 0.3) is 0 Å². The maximum atomic E-state index is 3.64. The van der Waals surface area contributed by atoms with Gasteiger partial charge >= 0.3 is 23.1 Å². The largest absolute Gasteiger partial charge is 2.00 e. The summed E-state index contributed by atoms with van der Waals surface area (Å²) in [6.45, 7) is 14.0. The first-order valence-electron chi connectivity index (χ1n) is 3.06. The second-order valence-corrected chi connectivity index (χ2v) is 2.89. The van der Waals surface area contributed by atoms with Gasteiger partial charge in [0.2, 0.25) is 0 Å². The van der Waals surface area contributed by atoms with Crippen molar-refractivity contribution in [1.29, 1.82) is 0 Å². The van der Waals surface area contributed by atoms with Crippen molar-refractivity contribution in [2.24, 2.45) is 5.92 Å². The van der Waals surface area contributed by atoms with Crippen molar-refractivity contribution in [3.05, 3.63) is 12.8 Å². The summed E-state index contributed by atoms with van der Waals surface area (Å²) in [6, 6.07) is 0. The second kappa shape index (κ2) is 11.5. The SMILES string of the molecule is C[C-](C)C.[CH2-]C(C)C.[Mg+2]. The van der Waals surface area contributed by atoms with Crippen LogP contribution in [0.3, 0.4) is 0 Å². The molecule has 0 unspecified atom stereocenters. The fourth-order valence-corrected chi connectivity index (χ4v) is 0. The molecule has 0 N–H and O–H groups in total. The number of hydrogen-bond donors (Lipinski definition) is 0. The molecule has 0 saturated heterocycles. The molecular formula is C8H18Mg. The van der Waals surface area contributed by atoms with Gasteiger partial charge < -0.3 is 12.8 Å². The Morgan fingerprint density at radius 2 is 1.11 bits per heavy atom. The van der Waals surface area contributed by atoms with E-state index in [2.05, 4.69) is 41.5 Å². The summed E-state index contributed by atoms with van der Waals surface area (Å²) >= 11 is 0. The van der Waals surface area contributed by atoms with E-state index in [4.69, 9.17) is 0 Å². The molecule has 0 aromatic heterocycles. The Hall–Kier alpha value is 0.766. The van der Waals surface area contributed by atoms with Gasteiger partial charge in [-0.05, 0) is 0 Å². The molecule has 0 rings (SSSR count). The van der Waals surface area contributed by atoms with Gasteiger partial charge in [0, 0.05) is 0 Å². The van der Waals surface area contributed by atoms with E-state index < -0.39 is 0 Å². The fourth-order valence-electron chi connectivity index (χ4n) is 0. The molecule has 0 saturated carbocycles. The zero-order valence-corrected chi connectivity index (χ0v) is 8.91. The summed E-state index contributed by atoms with van der Waals surface area (Å²) in [4.78, 5) is 0. The van der Waals surface area contributed by atoms with E-state index in [-0.39, 0.29) is 23.1 Å². The first-order chi connectivity index (χ1) is 3.46. The normalized spacial score (nSPS) is 8.00. The molecule has 0 aliphatic carbocycles. The van der Waals surface area contributed by atoms with Gasteiger partial charge in [0.1, 0.15) is 0 Å². The minimum absolute atomic E-state index is 0. The van der Waals surface area contributed by atoms with E-state index in [1.807, 2.05) is 0 Å². The van der Waals surface area contributed by atoms with Crippen LogP contribution in [0.5, 0.6) is 0 Å². The molecule has 0 aromatic carbocycles. The van der Waals surface area contributed by atoms with Crippen molar-refractivity contribution in [3.8, 4) is 0 Å². The van der Waals surface area contributed by atoms with Crippen LogP contribution in [0.25, 0.3) is 0 Å². The molecule has 0 amide bonds. The molecule has 0 aromatic rings. The van der Waals surface area contributed by atoms with Crippen LogP contribution < -0.4 is 0 Å². The predicted molar refractivity (Wildman–Crippen MR) is 46.2 cm³/mol. The zero-order valence-electron chi connectivity index (χ0n) is 7.49. The summed E-state index contributed by atoms with van der Waals surface area (Å²) in [5.41, 5.74) is 0. The number of hydrogen-bond acceptors (Lipinski definition) is 0. The van der Waals surface area contributed by atoms with Crippen molar-refractivity contribution in [2.75, 3.05) is 0 Å². The van der Waals surface area contributed by atoms with Crippen molar-refractivity contribution >= 4 is 23.1 Å². The van der Waals surface area contributed by atoms with Gasteiger partial charge in [-0.1, -0.05) is 13.8 Å². The third-order valence-electron chi connectivity index (χ3n) is 0. The molecular weight excluding hydrogens is 120 g/mol. The summed E-state index contributed by atoms with van der Waals surface area (Å²) in [7, 11) is 0. The third kappa shape index (κ3) is 684. The molecule has 0 aliphatic heterocycles. The van der Waals surface area contributed by atoms with Crippen molar-refractivity contribution < 1.29 is 0 Å². The van der Waals surface area contributed by atoms with E-state index in [0.717, 1.165) is 0 Å². The Morgan fingerprint density at radius 3 is 1.11 bits per heavy atom. The Labute approximate surface area is 76.6 Å². The van der Waals surface area contributed by atoms with Crippen LogP contribution in [-0.4, -0.2) is 23.1 Å². The summed E-state index contributed by atoms with van der Waals surface area (Å²) < 4.78 is 0. The molecule has 0 nitrogen and oxygen atoms in total. The van der Waals surface area contributed by atoms with E-state index in [1.165, 1.54) is 5.92 Å². The van der Waals surface area contributed by atoms with Gasteiger partial charge in [0.05, 0.1) is 0 Å². The molecule has 0 heterocycles. The first-order valence-corrected chi connectivity index (χ1v) is 3.06. The first kappa shape index (κ1) is 16.4. The molecule has 0 bridgehead atoms. The molecule has 9 heavy (non-hydrogen) atoms. The average Bonchev–Trinajstić information content (AvgIpc) is 1.25. The van der Waals surface area contributed by atoms with Crippen molar-refractivity contribution in [3.63, 3.8) is 0 Å². The van der Waals surface area contributed by atoms with Crippen LogP contribution >= 0.6 is 0 Å². The second-order valence-electron chi connectivity index (χ2n) is 2.89. The average molecular weight is 139 g/mol. The van der Waals surface area contributed by atoms with Crippen molar-refractivity contribution in [1.82, 2.24) is 0 Å². The van der Waals surface area contributed by atoms with Crippen LogP contribution in [0.2, 0.25) is 0 Å². The van der Waals surface area contributed by atoms with Crippen LogP contribution in [0.1, 0.15) is 34.6 Å². The fraction of sp³-hybridized carbons (Fsp3) is 0.750. The smallest absolute Gasteiger partial charge is 0.341 e.